The van der Waals surface area contributed by atoms with Crippen LogP contribution in [0.4, 0.5) is 5.88 Å². The molecule has 3 aromatic rings. The molecule has 0 amide bonds. The second-order valence-corrected chi connectivity index (χ2v) is 5.14. The van der Waals surface area contributed by atoms with Gasteiger partial charge in [0.1, 0.15) is 17.9 Å². The van der Waals surface area contributed by atoms with Crippen LogP contribution in [0.3, 0.4) is 0 Å². The third-order valence-corrected chi connectivity index (χ3v) is 3.40. The van der Waals surface area contributed by atoms with E-state index in [1.165, 1.54) is 12.5 Å². The van der Waals surface area contributed by atoms with Gasteiger partial charge < -0.3 is 8.83 Å². The van der Waals surface area contributed by atoms with Gasteiger partial charge in [-0.15, -0.1) is 0 Å². The van der Waals surface area contributed by atoms with Crippen molar-refractivity contribution in [2.75, 3.05) is 5.43 Å². The van der Waals surface area contributed by atoms with Crippen molar-refractivity contribution >= 4 is 23.1 Å². The van der Waals surface area contributed by atoms with E-state index in [-0.39, 0.29) is 22.6 Å². The summed E-state index contributed by atoms with van der Waals surface area (Å²) in [7, 11) is 0. The van der Waals surface area contributed by atoms with Gasteiger partial charge in [-0.05, 0) is 19.1 Å². The van der Waals surface area contributed by atoms with Gasteiger partial charge in [0.15, 0.2) is 5.89 Å². The van der Waals surface area contributed by atoms with Crippen LogP contribution in [0.2, 0.25) is 0 Å². The molecule has 2 heterocycles. The molecule has 1 N–H and O–H groups in total. The molecule has 0 saturated heterocycles. The summed E-state index contributed by atoms with van der Waals surface area (Å²) in [5.41, 5.74) is 4.30. The van der Waals surface area contributed by atoms with Crippen molar-refractivity contribution in [3.8, 4) is 6.07 Å². The molecular formula is C17H14N4O3. The van der Waals surface area contributed by atoms with E-state index in [0.717, 1.165) is 5.56 Å². The molecule has 0 spiro atoms. The molecule has 1 aromatic carbocycles. The van der Waals surface area contributed by atoms with Gasteiger partial charge in [0, 0.05) is 6.42 Å². The van der Waals surface area contributed by atoms with E-state index < -0.39 is 0 Å². The van der Waals surface area contributed by atoms with Crippen molar-refractivity contribution in [1.82, 2.24) is 4.98 Å². The van der Waals surface area contributed by atoms with Gasteiger partial charge in [-0.1, -0.05) is 18.6 Å². The van der Waals surface area contributed by atoms with Crippen LogP contribution in [0, 0.1) is 18.3 Å². The Hall–Kier alpha value is -3.40. The Labute approximate surface area is 137 Å². The van der Waals surface area contributed by atoms with Gasteiger partial charge >= 0.3 is 0 Å². The maximum Gasteiger partial charge on any atom is 0.252 e. The third-order valence-electron chi connectivity index (χ3n) is 3.40. The van der Waals surface area contributed by atoms with Gasteiger partial charge in [-0.25, -0.2) is 10.4 Å². The van der Waals surface area contributed by atoms with Crippen LogP contribution in [0.15, 0.2) is 43.2 Å². The number of aryl methyl sites for hydroxylation is 2. The predicted octanol–water partition coefficient (Wildman–Crippen LogP) is 2.97. The van der Waals surface area contributed by atoms with Crippen LogP contribution in [0.5, 0.6) is 0 Å². The number of oxazole rings is 1. The van der Waals surface area contributed by atoms with Gasteiger partial charge in [0.25, 0.3) is 5.88 Å². The number of hydrogen-bond acceptors (Lipinski definition) is 7. The van der Waals surface area contributed by atoms with E-state index in [1.54, 1.807) is 12.1 Å². The fourth-order valence-electron chi connectivity index (χ4n) is 2.18. The van der Waals surface area contributed by atoms with E-state index in [0.29, 0.717) is 23.3 Å². The SMILES string of the molecule is CCc1nc(C#N)c(N/N=C/c2coc3ccc(C)cc3c2=O)o1. The van der Waals surface area contributed by atoms with Crippen LogP contribution in [-0.4, -0.2) is 11.2 Å². The van der Waals surface area contributed by atoms with E-state index in [1.807, 2.05) is 26.0 Å². The number of hydrogen-bond donors (Lipinski definition) is 1. The molecule has 7 nitrogen and oxygen atoms in total. The summed E-state index contributed by atoms with van der Waals surface area (Å²) in [6.07, 6.45) is 3.23. The van der Waals surface area contributed by atoms with Crippen molar-refractivity contribution in [3.63, 3.8) is 0 Å². The molecule has 2 aromatic heterocycles. The second kappa shape index (κ2) is 6.38. The summed E-state index contributed by atoms with van der Waals surface area (Å²) in [6.45, 7) is 3.77. The highest BCUT2D eigenvalue weighted by Crippen LogP contribution is 2.17. The standard InChI is InChI=1S/C17H14N4O3/c1-3-15-20-13(7-18)17(24-15)21-19-8-11-9-23-14-5-4-10(2)6-12(14)16(11)22/h4-6,8-9,21H,3H2,1-2H3/b19-8+. The lowest BCUT2D eigenvalue weighted by molar-refractivity contribution is 0.513. The molecule has 0 radical (unpaired) electrons. The second-order valence-electron chi connectivity index (χ2n) is 5.14. The fraction of sp³-hybridized carbons (Fsp3) is 0.176. The van der Waals surface area contributed by atoms with Crippen LogP contribution < -0.4 is 10.9 Å². The first-order chi connectivity index (χ1) is 11.6. The zero-order chi connectivity index (χ0) is 17.1. The molecule has 0 saturated carbocycles. The summed E-state index contributed by atoms with van der Waals surface area (Å²) in [5.74, 6) is 0.580. The Morgan fingerprint density at radius 2 is 2.29 bits per heavy atom. The maximum absolute atomic E-state index is 12.4. The number of rotatable bonds is 4. The Morgan fingerprint density at radius 1 is 1.46 bits per heavy atom. The van der Waals surface area contributed by atoms with Crippen molar-refractivity contribution in [2.24, 2.45) is 5.10 Å². The van der Waals surface area contributed by atoms with Crippen LogP contribution in [0.1, 0.15) is 29.6 Å². The zero-order valence-electron chi connectivity index (χ0n) is 13.2. The van der Waals surface area contributed by atoms with E-state index >= 15 is 0 Å². The topological polar surface area (TPSA) is 104 Å². The Balaban J connectivity index is 1.89. The molecule has 0 unspecified atom stereocenters. The van der Waals surface area contributed by atoms with E-state index in [9.17, 15) is 4.79 Å². The monoisotopic (exact) mass is 322 g/mol. The molecule has 120 valence electrons. The summed E-state index contributed by atoms with van der Waals surface area (Å²) < 4.78 is 10.8. The van der Waals surface area contributed by atoms with Gasteiger partial charge in [0.2, 0.25) is 11.1 Å². The number of benzene rings is 1. The molecule has 0 atom stereocenters. The van der Waals surface area contributed by atoms with Crippen LogP contribution >= 0.6 is 0 Å². The first-order valence-electron chi connectivity index (χ1n) is 7.33. The molecule has 0 bridgehead atoms. The summed E-state index contributed by atoms with van der Waals surface area (Å²) in [5, 5.41) is 13.4. The van der Waals surface area contributed by atoms with Gasteiger partial charge in [-0.3, -0.25) is 4.79 Å². The molecule has 0 aliphatic rings. The smallest absolute Gasteiger partial charge is 0.252 e. The third kappa shape index (κ3) is 2.90. The number of nitriles is 1. The van der Waals surface area contributed by atoms with E-state index in [4.69, 9.17) is 14.1 Å². The lowest BCUT2D eigenvalue weighted by atomic mass is 10.1. The normalized spacial score (nSPS) is 11.0. The van der Waals surface area contributed by atoms with Crippen molar-refractivity contribution in [2.45, 2.75) is 20.3 Å². The van der Waals surface area contributed by atoms with Gasteiger partial charge in [0.05, 0.1) is 17.2 Å². The maximum atomic E-state index is 12.4. The van der Waals surface area contributed by atoms with Crippen molar-refractivity contribution < 1.29 is 8.83 Å². The number of nitrogens with one attached hydrogen (secondary N) is 1. The van der Waals surface area contributed by atoms with Crippen molar-refractivity contribution in [3.05, 3.63) is 57.4 Å². The lowest BCUT2D eigenvalue weighted by Crippen LogP contribution is -2.08. The highest BCUT2D eigenvalue weighted by molar-refractivity contribution is 5.86. The molecule has 0 aliphatic carbocycles. The quantitative estimate of drug-likeness (QED) is 0.585. The minimum atomic E-state index is -0.183. The zero-order valence-corrected chi connectivity index (χ0v) is 13.2. The summed E-state index contributed by atoms with van der Waals surface area (Å²) >= 11 is 0. The number of anilines is 1. The molecule has 24 heavy (non-hydrogen) atoms. The molecular weight excluding hydrogens is 308 g/mol. The first kappa shape index (κ1) is 15.5. The predicted molar refractivity (Wildman–Crippen MR) is 89.0 cm³/mol. The average Bonchev–Trinajstić information content (AvgIpc) is 3.00. The highest BCUT2D eigenvalue weighted by Gasteiger charge is 2.11. The number of fused-ring (bicyclic) bond motifs is 1. The largest absolute Gasteiger partial charge is 0.463 e. The van der Waals surface area contributed by atoms with E-state index in [2.05, 4.69) is 15.5 Å². The lowest BCUT2D eigenvalue weighted by Gasteiger charge is -1.99. The molecule has 7 heteroatoms. The fourth-order valence-corrected chi connectivity index (χ4v) is 2.18. The number of hydrazone groups is 1. The summed E-state index contributed by atoms with van der Waals surface area (Å²) in [4.78, 5) is 16.4. The highest BCUT2D eigenvalue weighted by atomic mass is 16.4. The van der Waals surface area contributed by atoms with Crippen LogP contribution in [0.25, 0.3) is 11.0 Å². The average molecular weight is 322 g/mol. The minimum Gasteiger partial charge on any atom is -0.463 e. The van der Waals surface area contributed by atoms with Gasteiger partial charge in [-0.2, -0.15) is 10.4 Å². The minimum absolute atomic E-state index is 0.116. The van der Waals surface area contributed by atoms with Crippen molar-refractivity contribution in [1.29, 1.82) is 5.26 Å². The Kier molecular flexibility index (Phi) is 4.12. The summed E-state index contributed by atoms with van der Waals surface area (Å²) in [6, 6.07) is 7.32. The Morgan fingerprint density at radius 3 is 3.04 bits per heavy atom. The number of aromatic nitrogens is 1. The first-order valence-corrected chi connectivity index (χ1v) is 7.33. The van der Waals surface area contributed by atoms with Crippen LogP contribution in [-0.2, 0) is 6.42 Å². The Bertz CT molecular complexity index is 1020. The molecule has 0 fully saturated rings. The number of nitrogens with zero attached hydrogens (tertiary/aromatic N) is 3. The molecule has 0 aliphatic heterocycles. The molecule has 3 rings (SSSR count).